The molecule has 0 radical (unpaired) electrons. The lowest BCUT2D eigenvalue weighted by Crippen LogP contribution is -2.35. The van der Waals surface area contributed by atoms with Crippen LogP contribution in [0.1, 0.15) is 47.7 Å². The summed E-state index contributed by atoms with van der Waals surface area (Å²) in [6.07, 6.45) is 2.78. The average molecular weight is 417 g/mol. The maximum absolute atomic E-state index is 13.0. The van der Waals surface area contributed by atoms with E-state index in [1.54, 1.807) is 24.3 Å². The van der Waals surface area contributed by atoms with Gasteiger partial charge in [-0.2, -0.15) is 4.31 Å². The van der Waals surface area contributed by atoms with E-state index in [4.69, 9.17) is 4.74 Å². The van der Waals surface area contributed by atoms with Crippen molar-refractivity contribution in [1.29, 1.82) is 0 Å². The molecule has 0 aliphatic carbocycles. The third-order valence-corrected chi connectivity index (χ3v) is 6.83. The van der Waals surface area contributed by atoms with Gasteiger partial charge in [-0.15, -0.1) is 0 Å². The summed E-state index contributed by atoms with van der Waals surface area (Å²) in [7, 11) is -3.60. The molecule has 0 aromatic heterocycles. The molecule has 1 heterocycles. The number of carbonyl (C=O) groups excluding carboxylic acids is 1. The summed E-state index contributed by atoms with van der Waals surface area (Å²) in [5.41, 5.74) is 2.85. The van der Waals surface area contributed by atoms with E-state index in [1.165, 1.54) is 10.4 Å². The second-order valence-electron chi connectivity index (χ2n) is 7.39. The van der Waals surface area contributed by atoms with Crippen LogP contribution in [0.4, 0.5) is 5.69 Å². The van der Waals surface area contributed by atoms with Gasteiger partial charge < -0.3 is 10.1 Å². The van der Waals surface area contributed by atoms with Crippen LogP contribution in [-0.4, -0.2) is 38.3 Å². The van der Waals surface area contributed by atoms with Gasteiger partial charge >= 0.3 is 0 Å². The quantitative estimate of drug-likeness (QED) is 0.768. The van der Waals surface area contributed by atoms with Crippen molar-refractivity contribution in [2.24, 2.45) is 0 Å². The predicted octanol–water partition coefficient (Wildman–Crippen LogP) is 4.13. The molecule has 1 fully saturated rings. The molecule has 0 unspecified atom stereocenters. The van der Waals surface area contributed by atoms with Crippen LogP contribution in [0.15, 0.2) is 41.3 Å². The molecule has 0 bridgehead atoms. The first kappa shape index (κ1) is 21.3. The van der Waals surface area contributed by atoms with Crippen LogP contribution < -0.4 is 10.1 Å². The lowest BCUT2D eigenvalue weighted by atomic mass is 10.1. The molecule has 1 amide bonds. The second-order valence-corrected chi connectivity index (χ2v) is 9.32. The Balaban J connectivity index is 1.93. The maximum atomic E-state index is 13.0. The van der Waals surface area contributed by atoms with Crippen molar-refractivity contribution in [2.45, 2.75) is 44.9 Å². The molecule has 156 valence electrons. The zero-order chi connectivity index (χ0) is 21.0. The molecule has 7 heteroatoms. The van der Waals surface area contributed by atoms with Crippen LogP contribution in [0.3, 0.4) is 0 Å². The summed E-state index contributed by atoms with van der Waals surface area (Å²) in [5.74, 6) is 0.146. The van der Waals surface area contributed by atoms with Crippen LogP contribution in [0.2, 0.25) is 0 Å². The van der Waals surface area contributed by atoms with Crippen LogP contribution in [-0.2, 0) is 10.0 Å². The minimum absolute atomic E-state index is 0.165. The van der Waals surface area contributed by atoms with Crippen LogP contribution in [0.5, 0.6) is 5.75 Å². The first-order valence-corrected chi connectivity index (χ1v) is 11.4. The first-order valence-electron chi connectivity index (χ1n) is 9.98. The fourth-order valence-electron chi connectivity index (χ4n) is 3.60. The number of hydrogen-bond donors (Lipinski definition) is 1. The van der Waals surface area contributed by atoms with E-state index in [0.29, 0.717) is 36.7 Å². The molecule has 1 aliphatic rings. The minimum atomic E-state index is -3.60. The van der Waals surface area contributed by atoms with Gasteiger partial charge in [0.15, 0.2) is 0 Å². The van der Waals surface area contributed by atoms with E-state index in [1.807, 2.05) is 26.8 Å². The van der Waals surface area contributed by atoms with Gasteiger partial charge in [0.25, 0.3) is 5.91 Å². The zero-order valence-corrected chi connectivity index (χ0v) is 18.0. The molecule has 3 rings (SSSR count). The Hall–Kier alpha value is -2.38. The summed E-state index contributed by atoms with van der Waals surface area (Å²) in [6.45, 7) is 7.17. The number of anilines is 1. The summed E-state index contributed by atoms with van der Waals surface area (Å²) in [4.78, 5) is 13.0. The van der Waals surface area contributed by atoms with Crippen molar-refractivity contribution in [3.05, 3.63) is 53.1 Å². The fraction of sp³-hybridized carbons (Fsp3) is 0.409. The molecule has 2 aromatic carbocycles. The Morgan fingerprint density at radius 1 is 1.03 bits per heavy atom. The Kier molecular flexibility index (Phi) is 6.59. The Labute approximate surface area is 172 Å². The van der Waals surface area contributed by atoms with Gasteiger partial charge in [-0.25, -0.2) is 8.42 Å². The highest BCUT2D eigenvalue weighted by atomic mass is 32.2. The second kappa shape index (κ2) is 8.97. The number of piperidine rings is 1. The number of hydrogen-bond acceptors (Lipinski definition) is 4. The first-order chi connectivity index (χ1) is 13.8. The number of nitrogens with zero attached hydrogens (tertiary/aromatic N) is 1. The van der Waals surface area contributed by atoms with E-state index >= 15 is 0 Å². The largest absolute Gasteiger partial charge is 0.492 e. The summed E-state index contributed by atoms with van der Waals surface area (Å²) in [6, 6.07) is 10.2. The molecule has 0 spiro atoms. The van der Waals surface area contributed by atoms with Crippen molar-refractivity contribution < 1.29 is 17.9 Å². The monoisotopic (exact) mass is 416 g/mol. The Morgan fingerprint density at radius 3 is 2.31 bits per heavy atom. The molecular formula is C22H28N2O4S. The normalized spacial score (nSPS) is 15.1. The molecule has 1 N–H and O–H groups in total. The van der Waals surface area contributed by atoms with Gasteiger partial charge in [0, 0.05) is 18.7 Å². The van der Waals surface area contributed by atoms with Gasteiger partial charge in [0.2, 0.25) is 10.0 Å². The van der Waals surface area contributed by atoms with Crippen molar-refractivity contribution in [1.82, 2.24) is 4.31 Å². The summed E-state index contributed by atoms with van der Waals surface area (Å²) < 4.78 is 33.2. The minimum Gasteiger partial charge on any atom is -0.492 e. The highest BCUT2D eigenvalue weighted by Gasteiger charge is 2.27. The number of rotatable bonds is 6. The number of nitrogens with one attached hydrogen (secondary N) is 1. The van der Waals surface area contributed by atoms with E-state index in [0.717, 1.165) is 30.4 Å². The van der Waals surface area contributed by atoms with Crippen LogP contribution in [0, 0.1) is 13.8 Å². The standard InChI is InChI=1S/C22H28N2O4S/c1-4-28-21-9-8-19(29(26,27)24-10-6-5-7-11-24)15-20(21)23-22(25)18-13-16(2)12-17(3)14-18/h8-9,12-15H,4-7,10-11H2,1-3H3,(H,23,25). The maximum Gasteiger partial charge on any atom is 0.255 e. The third kappa shape index (κ3) is 4.97. The van der Waals surface area contributed by atoms with Crippen molar-refractivity contribution in [2.75, 3.05) is 25.0 Å². The number of carbonyl (C=O) groups is 1. The molecule has 2 aromatic rings. The topological polar surface area (TPSA) is 75.7 Å². The number of sulfonamides is 1. The smallest absolute Gasteiger partial charge is 0.255 e. The predicted molar refractivity (Wildman–Crippen MR) is 114 cm³/mol. The highest BCUT2D eigenvalue weighted by Crippen LogP contribution is 2.30. The molecule has 0 atom stereocenters. The van der Waals surface area contributed by atoms with E-state index < -0.39 is 10.0 Å². The lowest BCUT2D eigenvalue weighted by Gasteiger charge is -2.26. The molecule has 1 saturated heterocycles. The van der Waals surface area contributed by atoms with E-state index in [9.17, 15) is 13.2 Å². The van der Waals surface area contributed by atoms with Gasteiger partial charge in [0.1, 0.15) is 5.75 Å². The van der Waals surface area contributed by atoms with Crippen molar-refractivity contribution in [3.8, 4) is 5.75 Å². The van der Waals surface area contributed by atoms with Gasteiger partial charge in [-0.3, -0.25) is 4.79 Å². The highest BCUT2D eigenvalue weighted by molar-refractivity contribution is 7.89. The molecule has 29 heavy (non-hydrogen) atoms. The van der Waals surface area contributed by atoms with Crippen molar-refractivity contribution >= 4 is 21.6 Å². The summed E-state index contributed by atoms with van der Waals surface area (Å²) >= 11 is 0. The van der Waals surface area contributed by atoms with Gasteiger partial charge in [-0.05, 0) is 63.9 Å². The van der Waals surface area contributed by atoms with Gasteiger partial charge in [-0.1, -0.05) is 23.6 Å². The summed E-state index contributed by atoms with van der Waals surface area (Å²) in [5, 5.41) is 2.83. The average Bonchev–Trinajstić information content (AvgIpc) is 2.69. The van der Waals surface area contributed by atoms with Crippen LogP contribution >= 0.6 is 0 Å². The number of benzene rings is 2. The van der Waals surface area contributed by atoms with E-state index in [-0.39, 0.29) is 10.8 Å². The molecular weight excluding hydrogens is 388 g/mol. The number of amides is 1. The zero-order valence-electron chi connectivity index (χ0n) is 17.2. The number of ether oxygens (including phenoxy) is 1. The molecule has 1 aliphatic heterocycles. The molecule has 0 saturated carbocycles. The van der Waals surface area contributed by atoms with Crippen LogP contribution in [0.25, 0.3) is 0 Å². The van der Waals surface area contributed by atoms with E-state index in [2.05, 4.69) is 5.32 Å². The number of aryl methyl sites for hydroxylation is 2. The lowest BCUT2D eigenvalue weighted by molar-refractivity contribution is 0.102. The third-order valence-electron chi connectivity index (χ3n) is 4.94. The SMILES string of the molecule is CCOc1ccc(S(=O)(=O)N2CCCCC2)cc1NC(=O)c1cc(C)cc(C)c1. The van der Waals surface area contributed by atoms with Gasteiger partial charge in [0.05, 0.1) is 17.2 Å². The Morgan fingerprint density at radius 2 is 1.69 bits per heavy atom. The Bertz CT molecular complexity index is 976. The fourth-order valence-corrected chi connectivity index (χ4v) is 5.15. The molecule has 6 nitrogen and oxygen atoms in total. The van der Waals surface area contributed by atoms with Crippen molar-refractivity contribution in [3.63, 3.8) is 0 Å².